The Hall–Kier alpha value is -0.800. The number of nitrogens with zero attached hydrogens (tertiary/aromatic N) is 2. The lowest BCUT2D eigenvalue weighted by Gasteiger charge is -2.20. The maximum absolute atomic E-state index is 3.64. The normalized spacial score (nSPS) is 17.8. The summed E-state index contributed by atoms with van der Waals surface area (Å²) in [5.74, 6) is 0.739. The summed E-state index contributed by atoms with van der Waals surface area (Å²) in [6, 6.07) is 2.33. The van der Waals surface area contributed by atoms with Crippen LogP contribution in [0.15, 0.2) is 6.07 Å². The van der Waals surface area contributed by atoms with Crippen LogP contribution in [-0.2, 0) is 13.1 Å². The highest BCUT2D eigenvalue weighted by Crippen LogP contribution is 2.15. The predicted octanol–water partition coefficient (Wildman–Crippen LogP) is 2.95. The average Bonchev–Trinajstić information content (AvgIpc) is 2.99. The Kier molecular flexibility index (Phi) is 5.67. The summed E-state index contributed by atoms with van der Waals surface area (Å²) in [4.78, 5) is 2.61. The molecule has 0 bridgehead atoms. The zero-order valence-electron chi connectivity index (χ0n) is 13.7. The van der Waals surface area contributed by atoms with Gasteiger partial charge in [-0.1, -0.05) is 6.92 Å². The summed E-state index contributed by atoms with van der Waals surface area (Å²) in [6.07, 6.45) is 2.78. The molecule has 1 aliphatic heterocycles. The van der Waals surface area contributed by atoms with Crippen LogP contribution in [0.5, 0.6) is 0 Å². The third-order valence-electron chi connectivity index (χ3n) is 4.57. The van der Waals surface area contributed by atoms with E-state index in [1.165, 1.54) is 49.4 Å². The third-order valence-corrected chi connectivity index (χ3v) is 4.57. The molecule has 114 valence electrons. The van der Waals surface area contributed by atoms with Crippen LogP contribution in [0.25, 0.3) is 0 Å². The molecule has 20 heavy (non-hydrogen) atoms. The molecule has 1 aromatic rings. The highest BCUT2D eigenvalue weighted by atomic mass is 15.1. The van der Waals surface area contributed by atoms with Gasteiger partial charge < -0.3 is 14.8 Å². The van der Waals surface area contributed by atoms with Crippen molar-refractivity contribution < 1.29 is 0 Å². The van der Waals surface area contributed by atoms with Crippen LogP contribution >= 0.6 is 0 Å². The van der Waals surface area contributed by atoms with Crippen LogP contribution in [0, 0.1) is 19.8 Å². The van der Waals surface area contributed by atoms with Crippen molar-refractivity contribution in [3.05, 3.63) is 23.0 Å². The summed E-state index contributed by atoms with van der Waals surface area (Å²) in [6.45, 7) is 16.1. The van der Waals surface area contributed by atoms with Crippen molar-refractivity contribution >= 4 is 0 Å². The smallest absolute Gasteiger partial charge is 0.0223 e. The Morgan fingerprint density at radius 2 is 1.95 bits per heavy atom. The zero-order chi connectivity index (χ0) is 14.5. The molecule has 1 fully saturated rings. The maximum Gasteiger partial charge on any atom is 0.0223 e. The first kappa shape index (κ1) is 15.6. The first-order valence-electron chi connectivity index (χ1n) is 8.20. The van der Waals surface area contributed by atoms with Crippen LogP contribution in [-0.4, -0.2) is 35.6 Å². The summed E-state index contributed by atoms with van der Waals surface area (Å²) in [5.41, 5.74) is 4.26. The minimum Gasteiger partial charge on any atom is -0.349 e. The van der Waals surface area contributed by atoms with Crippen molar-refractivity contribution in [1.29, 1.82) is 0 Å². The summed E-state index contributed by atoms with van der Waals surface area (Å²) in [5, 5.41) is 3.64. The van der Waals surface area contributed by atoms with Crippen molar-refractivity contribution in [2.75, 3.05) is 26.2 Å². The minimum atomic E-state index is 0.739. The van der Waals surface area contributed by atoms with Crippen LogP contribution in [0.2, 0.25) is 0 Å². The lowest BCUT2D eigenvalue weighted by Crippen LogP contribution is -2.31. The van der Waals surface area contributed by atoms with Gasteiger partial charge in [-0.2, -0.15) is 0 Å². The molecule has 1 unspecified atom stereocenters. The van der Waals surface area contributed by atoms with Crippen molar-refractivity contribution in [3.8, 4) is 0 Å². The van der Waals surface area contributed by atoms with Gasteiger partial charge in [0.1, 0.15) is 0 Å². The second-order valence-electron chi connectivity index (χ2n) is 6.38. The number of likely N-dealkylation sites (tertiary alicyclic amines) is 1. The highest BCUT2D eigenvalue weighted by Gasteiger charge is 2.14. The molecule has 0 aromatic carbocycles. The van der Waals surface area contributed by atoms with E-state index in [0.29, 0.717) is 0 Å². The molecule has 0 saturated carbocycles. The first-order valence-corrected chi connectivity index (χ1v) is 8.20. The molecule has 3 nitrogen and oxygen atoms in total. The van der Waals surface area contributed by atoms with E-state index in [4.69, 9.17) is 0 Å². The van der Waals surface area contributed by atoms with Gasteiger partial charge in [-0.3, -0.25) is 0 Å². The molecule has 3 heteroatoms. The van der Waals surface area contributed by atoms with Gasteiger partial charge in [0.25, 0.3) is 0 Å². The summed E-state index contributed by atoms with van der Waals surface area (Å²) < 4.78 is 2.39. The van der Waals surface area contributed by atoms with E-state index in [-0.39, 0.29) is 0 Å². The van der Waals surface area contributed by atoms with Gasteiger partial charge in [-0.15, -0.1) is 0 Å². The number of hydrogen-bond donors (Lipinski definition) is 1. The summed E-state index contributed by atoms with van der Waals surface area (Å²) >= 11 is 0. The predicted molar refractivity (Wildman–Crippen MR) is 86.1 cm³/mol. The van der Waals surface area contributed by atoms with E-state index in [0.717, 1.165) is 25.6 Å². The third kappa shape index (κ3) is 3.86. The number of aryl methyl sites for hydroxylation is 1. The van der Waals surface area contributed by atoms with Gasteiger partial charge in [0.2, 0.25) is 0 Å². The molecule has 2 heterocycles. The molecule has 1 aliphatic rings. The van der Waals surface area contributed by atoms with E-state index < -0.39 is 0 Å². The second-order valence-corrected chi connectivity index (χ2v) is 6.38. The monoisotopic (exact) mass is 277 g/mol. The average molecular weight is 277 g/mol. The minimum absolute atomic E-state index is 0.739. The molecule has 0 radical (unpaired) electrons. The molecule has 1 aromatic heterocycles. The van der Waals surface area contributed by atoms with E-state index >= 15 is 0 Å². The van der Waals surface area contributed by atoms with Crippen molar-refractivity contribution in [1.82, 2.24) is 14.8 Å². The fraction of sp³-hybridized carbons (Fsp3) is 0.765. The van der Waals surface area contributed by atoms with Crippen LogP contribution in [0.3, 0.4) is 0 Å². The first-order chi connectivity index (χ1) is 9.61. The van der Waals surface area contributed by atoms with Gasteiger partial charge in [-0.05, 0) is 70.8 Å². The number of hydrogen-bond acceptors (Lipinski definition) is 2. The molecule has 0 aliphatic carbocycles. The fourth-order valence-electron chi connectivity index (χ4n) is 3.46. The lowest BCUT2D eigenvalue weighted by atomic mass is 10.1. The number of nitrogens with one attached hydrogen (secondary N) is 1. The maximum atomic E-state index is 3.64. The Morgan fingerprint density at radius 3 is 2.55 bits per heavy atom. The zero-order valence-corrected chi connectivity index (χ0v) is 13.7. The molecular formula is C17H31N3. The largest absolute Gasteiger partial charge is 0.349 e. The quantitative estimate of drug-likeness (QED) is 0.827. The topological polar surface area (TPSA) is 20.2 Å². The van der Waals surface area contributed by atoms with Gasteiger partial charge in [-0.25, -0.2) is 0 Å². The Balaban J connectivity index is 1.75. The van der Waals surface area contributed by atoms with Crippen molar-refractivity contribution in [2.45, 2.75) is 53.6 Å². The number of rotatable bonds is 7. The van der Waals surface area contributed by atoms with Gasteiger partial charge in [0.15, 0.2) is 0 Å². The Morgan fingerprint density at radius 1 is 1.25 bits per heavy atom. The van der Waals surface area contributed by atoms with Gasteiger partial charge in [0.05, 0.1) is 0 Å². The molecular weight excluding hydrogens is 246 g/mol. The van der Waals surface area contributed by atoms with Crippen LogP contribution in [0.4, 0.5) is 0 Å². The van der Waals surface area contributed by atoms with Gasteiger partial charge in [0, 0.05) is 31.0 Å². The molecule has 2 rings (SSSR count). The Bertz CT molecular complexity index is 416. The Labute approximate surface area is 124 Å². The summed E-state index contributed by atoms with van der Waals surface area (Å²) in [7, 11) is 0. The highest BCUT2D eigenvalue weighted by molar-refractivity contribution is 5.26. The molecule has 1 saturated heterocycles. The van der Waals surface area contributed by atoms with E-state index in [2.05, 4.69) is 48.5 Å². The van der Waals surface area contributed by atoms with Crippen LogP contribution < -0.4 is 5.32 Å². The number of aromatic nitrogens is 1. The molecule has 0 amide bonds. The lowest BCUT2D eigenvalue weighted by molar-refractivity contribution is 0.282. The second kappa shape index (κ2) is 7.28. The van der Waals surface area contributed by atoms with Gasteiger partial charge >= 0.3 is 0 Å². The molecule has 0 spiro atoms. The van der Waals surface area contributed by atoms with E-state index in [1.807, 2.05) is 0 Å². The SMILES string of the molecule is CCn1c(C)cc(CNCC(C)CN2CCCC2)c1C. The molecule has 1 atom stereocenters. The van der Waals surface area contributed by atoms with Crippen LogP contribution in [0.1, 0.15) is 43.6 Å². The standard InChI is InChI=1S/C17H31N3/c1-5-20-15(3)10-17(16(20)4)12-18-11-14(2)13-19-8-6-7-9-19/h10,14,18H,5-9,11-13H2,1-4H3. The fourth-order valence-corrected chi connectivity index (χ4v) is 3.46. The van der Waals surface area contributed by atoms with E-state index in [9.17, 15) is 0 Å². The molecule has 1 N–H and O–H groups in total. The van der Waals surface area contributed by atoms with Crippen molar-refractivity contribution in [2.24, 2.45) is 5.92 Å². The van der Waals surface area contributed by atoms with E-state index in [1.54, 1.807) is 0 Å². The van der Waals surface area contributed by atoms with Crippen molar-refractivity contribution in [3.63, 3.8) is 0 Å².